The molecule has 15 heavy (non-hydrogen) atoms. The molecule has 1 atom stereocenters. The molecule has 0 aliphatic heterocycles. The summed E-state index contributed by atoms with van der Waals surface area (Å²) in [6.07, 6.45) is 1.10. The summed E-state index contributed by atoms with van der Waals surface area (Å²) >= 11 is 0. The summed E-state index contributed by atoms with van der Waals surface area (Å²) in [7, 11) is 0. The molecule has 0 amide bonds. The molecule has 1 heteroatoms. The van der Waals surface area contributed by atoms with Gasteiger partial charge in [0.25, 0.3) is 0 Å². The normalized spacial score (nSPS) is 14.0. The van der Waals surface area contributed by atoms with Crippen molar-refractivity contribution in [1.82, 2.24) is 0 Å². The van der Waals surface area contributed by atoms with Gasteiger partial charge in [0.15, 0.2) is 0 Å². The van der Waals surface area contributed by atoms with Crippen LogP contribution in [0.15, 0.2) is 18.2 Å². The zero-order valence-corrected chi connectivity index (χ0v) is 10.6. The molecule has 0 spiro atoms. The molecule has 0 fully saturated rings. The summed E-state index contributed by atoms with van der Waals surface area (Å²) in [6.45, 7) is 10.9. The third-order valence-corrected chi connectivity index (χ3v) is 3.52. The number of rotatable bonds is 3. The predicted octanol–water partition coefficient (Wildman–Crippen LogP) is 3.74. The minimum Gasteiger partial charge on any atom is -0.323 e. The van der Waals surface area contributed by atoms with Crippen LogP contribution >= 0.6 is 0 Å². The Morgan fingerprint density at radius 3 is 2.40 bits per heavy atom. The van der Waals surface area contributed by atoms with Gasteiger partial charge >= 0.3 is 0 Å². The Morgan fingerprint density at radius 2 is 1.87 bits per heavy atom. The van der Waals surface area contributed by atoms with Crippen molar-refractivity contribution in [2.45, 2.75) is 47.1 Å². The van der Waals surface area contributed by atoms with Gasteiger partial charge in [-0.2, -0.15) is 0 Å². The molecule has 0 aliphatic carbocycles. The molecule has 0 heterocycles. The van der Waals surface area contributed by atoms with Gasteiger partial charge in [-0.25, -0.2) is 0 Å². The van der Waals surface area contributed by atoms with Gasteiger partial charge in [-0.1, -0.05) is 44.5 Å². The smallest absolute Gasteiger partial charge is 0.0349 e. The molecule has 1 aromatic carbocycles. The fourth-order valence-corrected chi connectivity index (χ4v) is 1.74. The lowest BCUT2D eigenvalue weighted by atomic mass is 9.77. The third kappa shape index (κ3) is 2.60. The van der Waals surface area contributed by atoms with E-state index < -0.39 is 0 Å². The highest BCUT2D eigenvalue weighted by atomic mass is 14.7. The topological polar surface area (TPSA) is 26.0 Å². The molecule has 0 saturated carbocycles. The highest BCUT2D eigenvalue weighted by Crippen LogP contribution is 2.35. The van der Waals surface area contributed by atoms with Crippen molar-refractivity contribution in [2.75, 3.05) is 0 Å². The summed E-state index contributed by atoms with van der Waals surface area (Å²) in [6, 6.07) is 6.65. The van der Waals surface area contributed by atoms with Crippen LogP contribution in [0.25, 0.3) is 0 Å². The van der Waals surface area contributed by atoms with Gasteiger partial charge in [-0.3, -0.25) is 0 Å². The number of aryl methyl sites for hydroxylation is 2. The number of hydrogen-bond donors (Lipinski definition) is 1. The van der Waals surface area contributed by atoms with E-state index in [2.05, 4.69) is 52.8 Å². The van der Waals surface area contributed by atoms with Crippen molar-refractivity contribution < 1.29 is 0 Å². The van der Waals surface area contributed by atoms with Gasteiger partial charge in [0.1, 0.15) is 0 Å². The second kappa shape index (κ2) is 4.36. The molecule has 0 aromatic heterocycles. The van der Waals surface area contributed by atoms with Crippen LogP contribution in [-0.2, 0) is 0 Å². The molecule has 1 aromatic rings. The Kier molecular flexibility index (Phi) is 3.56. The first-order valence-electron chi connectivity index (χ1n) is 5.71. The van der Waals surface area contributed by atoms with E-state index in [0.717, 1.165) is 6.42 Å². The maximum absolute atomic E-state index is 6.35. The molecular weight excluding hydrogens is 182 g/mol. The van der Waals surface area contributed by atoms with Crippen LogP contribution in [0.2, 0.25) is 0 Å². The Balaban J connectivity index is 3.10. The lowest BCUT2D eigenvalue weighted by Gasteiger charge is -2.32. The Bertz CT molecular complexity index is 339. The van der Waals surface area contributed by atoms with E-state index in [9.17, 15) is 0 Å². The summed E-state index contributed by atoms with van der Waals surface area (Å²) in [4.78, 5) is 0. The summed E-state index contributed by atoms with van der Waals surface area (Å²) < 4.78 is 0. The van der Waals surface area contributed by atoms with E-state index in [-0.39, 0.29) is 11.5 Å². The molecule has 0 saturated heterocycles. The number of nitrogens with two attached hydrogens (primary N) is 1. The van der Waals surface area contributed by atoms with Gasteiger partial charge in [0.2, 0.25) is 0 Å². The van der Waals surface area contributed by atoms with Crippen molar-refractivity contribution in [1.29, 1.82) is 0 Å². The summed E-state index contributed by atoms with van der Waals surface area (Å²) in [5, 5.41) is 0. The lowest BCUT2D eigenvalue weighted by molar-refractivity contribution is 0.277. The van der Waals surface area contributed by atoms with E-state index in [1.54, 1.807) is 0 Å². The molecule has 1 unspecified atom stereocenters. The number of hydrogen-bond acceptors (Lipinski definition) is 1. The first-order chi connectivity index (χ1) is 6.88. The van der Waals surface area contributed by atoms with Crippen LogP contribution in [0.5, 0.6) is 0 Å². The fourth-order valence-electron chi connectivity index (χ4n) is 1.74. The van der Waals surface area contributed by atoms with Crippen molar-refractivity contribution in [3.63, 3.8) is 0 Å². The van der Waals surface area contributed by atoms with Crippen molar-refractivity contribution in [2.24, 2.45) is 11.1 Å². The molecule has 1 rings (SSSR count). The van der Waals surface area contributed by atoms with Gasteiger partial charge in [0.05, 0.1) is 0 Å². The van der Waals surface area contributed by atoms with Gasteiger partial charge in [-0.15, -0.1) is 0 Å². The zero-order chi connectivity index (χ0) is 11.6. The van der Waals surface area contributed by atoms with E-state index in [1.807, 2.05) is 0 Å². The standard InChI is InChI=1S/C14H23N/c1-6-14(4,5)13(15)12-9-10(2)7-8-11(12)3/h7-9,13H,6,15H2,1-5H3. The maximum atomic E-state index is 6.35. The molecule has 84 valence electrons. The Hall–Kier alpha value is -0.820. The average Bonchev–Trinajstić information content (AvgIpc) is 2.20. The minimum atomic E-state index is 0.127. The van der Waals surface area contributed by atoms with Crippen LogP contribution in [0, 0.1) is 19.3 Å². The Morgan fingerprint density at radius 1 is 1.27 bits per heavy atom. The van der Waals surface area contributed by atoms with E-state index in [0.29, 0.717) is 0 Å². The number of benzene rings is 1. The maximum Gasteiger partial charge on any atom is 0.0349 e. The quantitative estimate of drug-likeness (QED) is 0.799. The van der Waals surface area contributed by atoms with Crippen LogP contribution in [-0.4, -0.2) is 0 Å². The van der Waals surface area contributed by atoms with Gasteiger partial charge < -0.3 is 5.73 Å². The predicted molar refractivity (Wildman–Crippen MR) is 66.9 cm³/mol. The summed E-state index contributed by atoms with van der Waals surface area (Å²) in [5.41, 5.74) is 10.4. The summed E-state index contributed by atoms with van der Waals surface area (Å²) in [5.74, 6) is 0. The molecule has 0 aliphatic rings. The van der Waals surface area contributed by atoms with Crippen LogP contribution in [0.1, 0.15) is 49.9 Å². The third-order valence-electron chi connectivity index (χ3n) is 3.52. The van der Waals surface area contributed by atoms with Crippen molar-refractivity contribution in [3.05, 3.63) is 34.9 Å². The Labute approximate surface area is 93.7 Å². The second-order valence-corrected chi connectivity index (χ2v) is 5.18. The second-order valence-electron chi connectivity index (χ2n) is 5.18. The highest BCUT2D eigenvalue weighted by Gasteiger charge is 2.26. The van der Waals surface area contributed by atoms with Gasteiger partial charge in [0, 0.05) is 6.04 Å². The van der Waals surface area contributed by atoms with Crippen LogP contribution in [0.3, 0.4) is 0 Å². The van der Waals surface area contributed by atoms with Crippen LogP contribution in [0.4, 0.5) is 0 Å². The fraction of sp³-hybridized carbons (Fsp3) is 0.571. The van der Waals surface area contributed by atoms with E-state index >= 15 is 0 Å². The van der Waals surface area contributed by atoms with E-state index in [4.69, 9.17) is 5.73 Å². The molecule has 1 nitrogen and oxygen atoms in total. The molecule has 2 N–H and O–H groups in total. The first-order valence-corrected chi connectivity index (χ1v) is 5.71. The van der Waals surface area contributed by atoms with E-state index in [1.165, 1.54) is 16.7 Å². The van der Waals surface area contributed by atoms with Crippen LogP contribution < -0.4 is 5.73 Å². The lowest BCUT2D eigenvalue weighted by Crippen LogP contribution is -2.29. The first kappa shape index (κ1) is 12.3. The molecule has 0 bridgehead atoms. The molecule has 0 radical (unpaired) electrons. The SMILES string of the molecule is CCC(C)(C)C(N)c1cc(C)ccc1C. The van der Waals surface area contributed by atoms with Gasteiger partial charge in [-0.05, 0) is 36.8 Å². The van der Waals surface area contributed by atoms with Crippen molar-refractivity contribution >= 4 is 0 Å². The zero-order valence-electron chi connectivity index (χ0n) is 10.6. The minimum absolute atomic E-state index is 0.127. The highest BCUT2D eigenvalue weighted by molar-refractivity contribution is 5.33. The molecular formula is C14H23N. The largest absolute Gasteiger partial charge is 0.323 e. The monoisotopic (exact) mass is 205 g/mol. The van der Waals surface area contributed by atoms with Crippen molar-refractivity contribution in [3.8, 4) is 0 Å². The average molecular weight is 205 g/mol.